The molecule has 0 radical (unpaired) electrons. The molecule has 0 heterocycles. The van der Waals surface area contributed by atoms with Crippen molar-refractivity contribution in [1.82, 2.24) is 5.32 Å². The topological polar surface area (TPSA) is 72.2 Å². The summed E-state index contributed by atoms with van der Waals surface area (Å²) in [5.41, 5.74) is 5.10. The molecule has 118 valence electrons. The fourth-order valence-electron chi connectivity index (χ4n) is 2.55. The third-order valence-corrected chi connectivity index (χ3v) is 3.78. The van der Waals surface area contributed by atoms with Crippen LogP contribution in [0.25, 0.3) is 0 Å². The van der Waals surface area contributed by atoms with Crippen molar-refractivity contribution in [2.24, 2.45) is 17.6 Å². The van der Waals surface area contributed by atoms with Crippen LogP contribution in [0.2, 0.25) is 0 Å². The highest BCUT2D eigenvalue weighted by atomic mass is 19.4. The first-order valence-electron chi connectivity index (χ1n) is 6.83. The van der Waals surface area contributed by atoms with Crippen LogP contribution < -0.4 is 11.1 Å². The van der Waals surface area contributed by atoms with E-state index in [-0.39, 0.29) is 31.6 Å². The number of nitrogens with one attached hydrogen (secondary N) is 1. The monoisotopic (exact) mass is 304 g/mol. The summed E-state index contributed by atoms with van der Waals surface area (Å²) in [4.78, 5) is 22.8. The lowest BCUT2D eigenvalue weighted by molar-refractivity contribution is -0.184. The SMILES string of the molecule is C#CC[C@H](NC(=O)CC1CCC(C(F)(F)F)CC1)C(N)=O. The lowest BCUT2D eigenvalue weighted by Crippen LogP contribution is -2.44. The number of hydrogen-bond donors (Lipinski definition) is 2. The molecule has 0 bridgehead atoms. The molecule has 7 heteroatoms. The molecule has 1 fully saturated rings. The van der Waals surface area contributed by atoms with Crippen LogP contribution in [0.5, 0.6) is 0 Å². The largest absolute Gasteiger partial charge is 0.391 e. The fraction of sp³-hybridized carbons (Fsp3) is 0.714. The molecule has 1 aliphatic carbocycles. The highest BCUT2D eigenvalue weighted by Gasteiger charge is 2.41. The summed E-state index contributed by atoms with van der Waals surface area (Å²) in [5, 5.41) is 2.43. The summed E-state index contributed by atoms with van der Waals surface area (Å²) in [6.07, 6.45) is 1.81. The van der Waals surface area contributed by atoms with Crippen LogP contribution >= 0.6 is 0 Å². The molecule has 1 saturated carbocycles. The molecule has 1 rings (SSSR count). The Morgan fingerprint density at radius 1 is 1.29 bits per heavy atom. The number of carbonyl (C=O) groups is 2. The second kappa shape index (κ2) is 7.34. The van der Waals surface area contributed by atoms with E-state index in [9.17, 15) is 22.8 Å². The van der Waals surface area contributed by atoms with Gasteiger partial charge in [-0.2, -0.15) is 13.2 Å². The van der Waals surface area contributed by atoms with E-state index < -0.39 is 30.0 Å². The predicted molar refractivity (Wildman–Crippen MR) is 70.7 cm³/mol. The van der Waals surface area contributed by atoms with E-state index in [1.165, 1.54) is 0 Å². The quantitative estimate of drug-likeness (QED) is 0.759. The number of hydrogen-bond acceptors (Lipinski definition) is 2. The number of halogens is 3. The summed E-state index contributed by atoms with van der Waals surface area (Å²) in [6.45, 7) is 0. The van der Waals surface area contributed by atoms with Crippen LogP contribution in [0.3, 0.4) is 0 Å². The second-order valence-corrected chi connectivity index (χ2v) is 5.39. The summed E-state index contributed by atoms with van der Waals surface area (Å²) in [6, 6.07) is -0.922. The summed E-state index contributed by atoms with van der Waals surface area (Å²) < 4.78 is 37.6. The number of terminal acetylenes is 1. The van der Waals surface area contributed by atoms with Gasteiger partial charge >= 0.3 is 6.18 Å². The molecule has 4 nitrogen and oxygen atoms in total. The molecule has 21 heavy (non-hydrogen) atoms. The molecule has 0 aromatic rings. The van der Waals surface area contributed by atoms with Gasteiger partial charge in [0.2, 0.25) is 11.8 Å². The Hall–Kier alpha value is -1.71. The zero-order chi connectivity index (χ0) is 16.0. The average Bonchev–Trinajstić information content (AvgIpc) is 2.37. The van der Waals surface area contributed by atoms with Crippen LogP contribution in [0.1, 0.15) is 38.5 Å². The van der Waals surface area contributed by atoms with Gasteiger partial charge in [0.15, 0.2) is 0 Å². The highest BCUT2D eigenvalue weighted by Crippen LogP contribution is 2.40. The molecule has 1 aliphatic rings. The van der Waals surface area contributed by atoms with Crippen molar-refractivity contribution in [3.63, 3.8) is 0 Å². The van der Waals surface area contributed by atoms with Gasteiger partial charge in [0.05, 0.1) is 5.92 Å². The van der Waals surface area contributed by atoms with Gasteiger partial charge in [-0.3, -0.25) is 9.59 Å². The van der Waals surface area contributed by atoms with Crippen LogP contribution in [-0.2, 0) is 9.59 Å². The number of nitrogens with two attached hydrogens (primary N) is 1. The lowest BCUT2D eigenvalue weighted by atomic mass is 9.80. The predicted octanol–water partition coefficient (Wildman–Crippen LogP) is 1.74. The van der Waals surface area contributed by atoms with Gasteiger partial charge < -0.3 is 11.1 Å². The average molecular weight is 304 g/mol. The first-order valence-corrected chi connectivity index (χ1v) is 6.83. The molecular weight excluding hydrogens is 285 g/mol. The molecule has 0 aromatic heterocycles. The normalized spacial score (nSPS) is 23.9. The van der Waals surface area contributed by atoms with Crippen molar-refractivity contribution in [2.45, 2.75) is 50.7 Å². The Kier molecular flexibility index (Phi) is 6.06. The van der Waals surface area contributed by atoms with Crippen LogP contribution in [-0.4, -0.2) is 24.0 Å². The summed E-state index contributed by atoms with van der Waals surface area (Å²) in [7, 11) is 0. The van der Waals surface area contributed by atoms with E-state index in [0.717, 1.165) is 0 Å². The number of amides is 2. The second-order valence-electron chi connectivity index (χ2n) is 5.39. The number of carbonyl (C=O) groups excluding carboxylic acids is 2. The first kappa shape index (κ1) is 17.3. The number of alkyl halides is 3. The number of rotatable bonds is 5. The van der Waals surface area contributed by atoms with Gasteiger partial charge in [-0.05, 0) is 31.6 Å². The molecular formula is C14H19F3N2O2. The van der Waals surface area contributed by atoms with Gasteiger partial charge in [-0.15, -0.1) is 12.3 Å². The molecule has 2 amide bonds. The third kappa shape index (κ3) is 5.66. The lowest BCUT2D eigenvalue weighted by Gasteiger charge is -2.29. The minimum absolute atomic E-state index is 0.00187. The van der Waals surface area contributed by atoms with E-state index >= 15 is 0 Å². The molecule has 0 spiro atoms. The van der Waals surface area contributed by atoms with E-state index in [4.69, 9.17) is 12.2 Å². The van der Waals surface area contributed by atoms with Gasteiger partial charge in [-0.25, -0.2) is 0 Å². The minimum Gasteiger partial charge on any atom is -0.368 e. The Balaban J connectivity index is 2.40. The molecule has 0 unspecified atom stereocenters. The molecule has 0 aliphatic heterocycles. The van der Waals surface area contributed by atoms with Crippen molar-refractivity contribution in [3.05, 3.63) is 0 Å². The maximum atomic E-state index is 12.5. The Morgan fingerprint density at radius 2 is 1.86 bits per heavy atom. The van der Waals surface area contributed by atoms with E-state index in [1.807, 2.05) is 0 Å². The first-order chi connectivity index (χ1) is 9.74. The third-order valence-electron chi connectivity index (χ3n) is 3.78. The zero-order valence-electron chi connectivity index (χ0n) is 11.6. The molecule has 3 N–H and O–H groups in total. The van der Waals surface area contributed by atoms with E-state index in [0.29, 0.717) is 12.8 Å². The van der Waals surface area contributed by atoms with Crippen molar-refractivity contribution in [2.75, 3.05) is 0 Å². The maximum absolute atomic E-state index is 12.5. The van der Waals surface area contributed by atoms with Crippen molar-refractivity contribution < 1.29 is 22.8 Å². The Labute approximate surface area is 121 Å². The minimum atomic E-state index is -4.16. The number of primary amides is 1. The summed E-state index contributed by atoms with van der Waals surface area (Å²) >= 11 is 0. The van der Waals surface area contributed by atoms with Crippen molar-refractivity contribution >= 4 is 11.8 Å². The van der Waals surface area contributed by atoms with E-state index in [2.05, 4.69) is 11.2 Å². The molecule has 0 aromatic carbocycles. The highest BCUT2D eigenvalue weighted by molar-refractivity contribution is 5.86. The maximum Gasteiger partial charge on any atom is 0.391 e. The van der Waals surface area contributed by atoms with Crippen LogP contribution in [0.15, 0.2) is 0 Å². The standard InChI is InChI=1S/C14H19F3N2O2/c1-2-3-11(13(18)21)19-12(20)8-9-4-6-10(7-5-9)14(15,16)17/h1,9-11H,3-8H2,(H2,18,21)(H,19,20)/t9?,10?,11-/m0/s1. The van der Waals surface area contributed by atoms with Gasteiger partial charge in [0.25, 0.3) is 0 Å². The molecule has 0 saturated heterocycles. The Bertz CT molecular complexity index is 421. The zero-order valence-corrected chi connectivity index (χ0v) is 11.6. The van der Waals surface area contributed by atoms with Crippen molar-refractivity contribution in [1.29, 1.82) is 0 Å². The van der Waals surface area contributed by atoms with Gasteiger partial charge in [0.1, 0.15) is 6.04 Å². The van der Waals surface area contributed by atoms with Crippen LogP contribution in [0, 0.1) is 24.2 Å². The van der Waals surface area contributed by atoms with Crippen LogP contribution in [0.4, 0.5) is 13.2 Å². The Morgan fingerprint density at radius 3 is 2.29 bits per heavy atom. The van der Waals surface area contributed by atoms with Crippen molar-refractivity contribution in [3.8, 4) is 12.3 Å². The molecule has 1 atom stereocenters. The van der Waals surface area contributed by atoms with Gasteiger partial charge in [0, 0.05) is 12.8 Å². The smallest absolute Gasteiger partial charge is 0.368 e. The van der Waals surface area contributed by atoms with E-state index in [1.54, 1.807) is 0 Å². The fourth-order valence-corrected chi connectivity index (χ4v) is 2.55. The summed E-state index contributed by atoms with van der Waals surface area (Å²) in [5.74, 6) is -0.240. The van der Waals surface area contributed by atoms with Gasteiger partial charge in [-0.1, -0.05) is 0 Å².